The van der Waals surface area contributed by atoms with Crippen molar-refractivity contribution in [2.45, 2.75) is 32.3 Å². The molecular weight excluding hydrogens is 233 g/mol. The van der Waals surface area contributed by atoms with Crippen LogP contribution >= 0.6 is 0 Å². The third-order valence-corrected chi connectivity index (χ3v) is 3.04. The van der Waals surface area contributed by atoms with Crippen LogP contribution < -0.4 is 4.74 Å². The summed E-state index contributed by atoms with van der Waals surface area (Å²) in [6.07, 6.45) is 0.978. The lowest BCUT2D eigenvalue weighted by molar-refractivity contribution is -0.0381. The molecule has 0 aliphatic carbocycles. The van der Waals surface area contributed by atoms with Crippen molar-refractivity contribution in [1.29, 1.82) is 5.26 Å². The Hall–Kier alpha value is -1.60. The molecule has 0 aliphatic rings. The second-order valence-corrected chi connectivity index (χ2v) is 4.19. The van der Waals surface area contributed by atoms with Gasteiger partial charge in [0.05, 0.1) is 31.8 Å². The molecule has 0 bridgehead atoms. The highest BCUT2D eigenvalue weighted by Crippen LogP contribution is 2.36. The van der Waals surface area contributed by atoms with Crippen LogP contribution in [0.1, 0.15) is 32.3 Å². The number of halogens is 1. The Bertz CT molecular complexity index is 442. The third kappa shape index (κ3) is 3.21. The molecule has 0 spiro atoms. The van der Waals surface area contributed by atoms with Gasteiger partial charge in [-0.1, -0.05) is 6.92 Å². The molecule has 3 nitrogen and oxygen atoms in total. The van der Waals surface area contributed by atoms with Crippen molar-refractivity contribution in [2.75, 3.05) is 13.7 Å². The molecule has 0 heterocycles. The lowest BCUT2D eigenvalue weighted by Crippen LogP contribution is -2.26. The fourth-order valence-electron chi connectivity index (χ4n) is 1.79. The Morgan fingerprint density at radius 1 is 1.44 bits per heavy atom. The van der Waals surface area contributed by atoms with Gasteiger partial charge in [-0.3, -0.25) is 0 Å². The number of nitriles is 1. The molecule has 0 aromatic heterocycles. The van der Waals surface area contributed by atoms with Crippen molar-refractivity contribution in [3.05, 3.63) is 29.6 Å². The Morgan fingerprint density at radius 2 is 2.17 bits per heavy atom. The van der Waals surface area contributed by atoms with E-state index < -0.39 is 5.60 Å². The van der Waals surface area contributed by atoms with Gasteiger partial charge in [0.1, 0.15) is 11.6 Å². The molecule has 0 aliphatic heterocycles. The molecule has 98 valence electrons. The van der Waals surface area contributed by atoms with E-state index in [1.165, 1.54) is 12.1 Å². The van der Waals surface area contributed by atoms with E-state index in [0.29, 0.717) is 30.8 Å². The maximum absolute atomic E-state index is 13.4. The van der Waals surface area contributed by atoms with Gasteiger partial charge in [0.2, 0.25) is 0 Å². The summed E-state index contributed by atoms with van der Waals surface area (Å²) in [7, 11) is 1.54. The van der Waals surface area contributed by atoms with Crippen LogP contribution in [0.2, 0.25) is 0 Å². The van der Waals surface area contributed by atoms with Crippen LogP contribution in [0.5, 0.6) is 5.75 Å². The molecule has 0 saturated carbocycles. The first-order valence-electron chi connectivity index (χ1n) is 5.92. The molecule has 0 radical (unpaired) electrons. The van der Waals surface area contributed by atoms with Gasteiger partial charge in [0.15, 0.2) is 0 Å². The minimum absolute atomic E-state index is 0.313. The van der Waals surface area contributed by atoms with Gasteiger partial charge in [0.25, 0.3) is 0 Å². The Balaban J connectivity index is 3.06. The molecule has 1 rings (SSSR count). The highest BCUT2D eigenvalue weighted by Gasteiger charge is 2.29. The Kier molecular flexibility index (Phi) is 5.11. The number of hydrogen-bond acceptors (Lipinski definition) is 3. The van der Waals surface area contributed by atoms with Crippen LogP contribution in [0.3, 0.4) is 0 Å². The number of ether oxygens (including phenoxy) is 2. The zero-order valence-electron chi connectivity index (χ0n) is 11.0. The number of benzene rings is 1. The van der Waals surface area contributed by atoms with Crippen LogP contribution in [0.15, 0.2) is 18.2 Å². The van der Waals surface area contributed by atoms with Gasteiger partial charge in [0, 0.05) is 5.56 Å². The smallest absolute Gasteiger partial charge is 0.125 e. The predicted octanol–water partition coefficient (Wildman–Crippen LogP) is 3.39. The molecule has 0 saturated heterocycles. The van der Waals surface area contributed by atoms with Crippen molar-refractivity contribution < 1.29 is 13.9 Å². The molecule has 0 unspecified atom stereocenters. The molecule has 1 atom stereocenters. The van der Waals surface area contributed by atoms with Crippen LogP contribution in [0.4, 0.5) is 4.39 Å². The molecular formula is C14H18FNO2. The molecule has 1 aromatic rings. The maximum atomic E-state index is 13.4. The van der Waals surface area contributed by atoms with E-state index in [0.717, 1.165) is 0 Å². The summed E-state index contributed by atoms with van der Waals surface area (Å²) in [5.41, 5.74) is 0.0232. The SMILES string of the molecule is CC[C@@](C)(OCCC#N)c1cc(F)ccc1OC. The van der Waals surface area contributed by atoms with Gasteiger partial charge in [-0.15, -0.1) is 0 Å². The Morgan fingerprint density at radius 3 is 2.72 bits per heavy atom. The van der Waals surface area contributed by atoms with E-state index in [4.69, 9.17) is 14.7 Å². The topological polar surface area (TPSA) is 42.2 Å². The van der Waals surface area contributed by atoms with Gasteiger partial charge in [-0.05, 0) is 31.5 Å². The lowest BCUT2D eigenvalue weighted by atomic mass is 9.92. The number of methoxy groups -OCH3 is 1. The second-order valence-electron chi connectivity index (χ2n) is 4.19. The van der Waals surface area contributed by atoms with E-state index in [9.17, 15) is 4.39 Å². The first kappa shape index (κ1) is 14.5. The first-order valence-corrected chi connectivity index (χ1v) is 5.92. The molecule has 0 N–H and O–H groups in total. The largest absolute Gasteiger partial charge is 0.496 e. The van der Waals surface area contributed by atoms with Gasteiger partial charge in [-0.2, -0.15) is 5.26 Å². The van der Waals surface area contributed by atoms with Gasteiger partial charge in [-0.25, -0.2) is 4.39 Å². The summed E-state index contributed by atoms with van der Waals surface area (Å²) < 4.78 is 24.4. The standard InChI is InChI=1S/C14H18FNO2/c1-4-14(2,18-9-5-8-16)12-10-11(15)6-7-13(12)17-3/h6-7,10H,4-5,9H2,1-3H3/t14-/m1/s1. The van der Waals surface area contributed by atoms with Crippen molar-refractivity contribution in [3.8, 4) is 11.8 Å². The van der Waals surface area contributed by atoms with Crippen molar-refractivity contribution in [3.63, 3.8) is 0 Å². The van der Waals surface area contributed by atoms with Crippen molar-refractivity contribution in [1.82, 2.24) is 0 Å². The summed E-state index contributed by atoms with van der Waals surface area (Å²) in [6.45, 7) is 4.15. The van der Waals surface area contributed by atoms with E-state index in [1.807, 2.05) is 19.9 Å². The van der Waals surface area contributed by atoms with E-state index in [-0.39, 0.29) is 5.82 Å². The molecule has 4 heteroatoms. The first-order chi connectivity index (χ1) is 8.57. The van der Waals surface area contributed by atoms with Crippen LogP contribution in [-0.4, -0.2) is 13.7 Å². The second kappa shape index (κ2) is 6.36. The molecule has 0 amide bonds. The number of rotatable bonds is 6. The average molecular weight is 251 g/mol. The molecule has 1 aromatic carbocycles. The van der Waals surface area contributed by atoms with Crippen molar-refractivity contribution >= 4 is 0 Å². The van der Waals surface area contributed by atoms with E-state index >= 15 is 0 Å². The van der Waals surface area contributed by atoms with E-state index in [1.54, 1.807) is 13.2 Å². The fraction of sp³-hybridized carbons (Fsp3) is 0.500. The van der Waals surface area contributed by atoms with Crippen LogP contribution in [0.25, 0.3) is 0 Å². The zero-order chi connectivity index (χ0) is 13.6. The maximum Gasteiger partial charge on any atom is 0.125 e. The monoisotopic (exact) mass is 251 g/mol. The fourth-order valence-corrected chi connectivity index (χ4v) is 1.79. The summed E-state index contributed by atoms with van der Waals surface area (Å²) in [5.74, 6) is 0.270. The predicted molar refractivity (Wildman–Crippen MR) is 66.8 cm³/mol. The Labute approximate surface area is 107 Å². The highest BCUT2D eigenvalue weighted by atomic mass is 19.1. The quantitative estimate of drug-likeness (QED) is 0.728. The molecule has 18 heavy (non-hydrogen) atoms. The number of nitrogens with zero attached hydrogens (tertiary/aromatic N) is 1. The molecule has 0 fully saturated rings. The van der Waals surface area contributed by atoms with Crippen molar-refractivity contribution in [2.24, 2.45) is 0 Å². The summed E-state index contributed by atoms with van der Waals surface area (Å²) in [5, 5.41) is 8.54. The van der Waals surface area contributed by atoms with E-state index in [2.05, 4.69) is 0 Å². The normalized spacial score (nSPS) is 13.7. The van der Waals surface area contributed by atoms with Crippen LogP contribution in [0, 0.1) is 17.1 Å². The minimum Gasteiger partial charge on any atom is -0.496 e. The average Bonchev–Trinajstić information content (AvgIpc) is 2.38. The number of hydrogen-bond donors (Lipinski definition) is 0. The zero-order valence-corrected chi connectivity index (χ0v) is 11.0. The summed E-state index contributed by atoms with van der Waals surface area (Å²) in [6, 6.07) is 6.40. The van der Waals surface area contributed by atoms with Crippen LogP contribution in [-0.2, 0) is 10.3 Å². The van der Waals surface area contributed by atoms with Gasteiger partial charge < -0.3 is 9.47 Å². The highest BCUT2D eigenvalue weighted by molar-refractivity contribution is 5.38. The lowest BCUT2D eigenvalue weighted by Gasteiger charge is -2.30. The minimum atomic E-state index is -0.649. The summed E-state index contributed by atoms with van der Waals surface area (Å²) in [4.78, 5) is 0. The summed E-state index contributed by atoms with van der Waals surface area (Å²) >= 11 is 0. The van der Waals surface area contributed by atoms with Gasteiger partial charge >= 0.3 is 0 Å². The third-order valence-electron chi connectivity index (χ3n) is 3.04.